The second-order valence-corrected chi connectivity index (χ2v) is 10.4. The molecule has 0 aromatic heterocycles. The Morgan fingerprint density at radius 3 is 2.00 bits per heavy atom. The molecule has 0 saturated heterocycles. The third kappa shape index (κ3) is 3.74. The summed E-state index contributed by atoms with van der Waals surface area (Å²) in [6, 6.07) is 31.0. The van der Waals surface area contributed by atoms with Gasteiger partial charge in [-0.15, -0.1) is 34.5 Å². The van der Waals surface area contributed by atoms with E-state index in [1.165, 1.54) is 49.0 Å². The minimum atomic E-state index is -0.826. The third-order valence-electron chi connectivity index (χ3n) is 4.93. The molecule has 0 saturated carbocycles. The molecule has 0 N–H and O–H groups in total. The first-order valence-electron chi connectivity index (χ1n) is 8.75. The second-order valence-electron chi connectivity index (χ2n) is 6.64. The van der Waals surface area contributed by atoms with E-state index in [9.17, 15) is 0 Å². The summed E-state index contributed by atoms with van der Waals surface area (Å²) in [5.74, 6) is 0. The Morgan fingerprint density at radius 2 is 1.26 bits per heavy atom. The molecule has 3 heteroatoms. The van der Waals surface area contributed by atoms with E-state index in [1.807, 2.05) is 0 Å². The van der Waals surface area contributed by atoms with Crippen LogP contribution < -0.4 is 0 Å². The van der Waals surface area contributed by atoms with Gasteiger partial charge in [-0.25, -0.2) is 0 Å². The summed E-state index contributed by atoms with van der Waals surface area (Å²) in [6.45, 7) is 2.17. The molecule has 0 bridgehead atoms. The zero-order chi connectivity index (χ0) is 18.8. The van der Waals surface area contributed by atoms with Gasteiger partial charge in [-0.1, -0.05) is 61.0 Å². The van der Waals surface area contributed by atoms with Gasteiger partial charge in [0.25, 0.3) is 0 Å². The number of fused-ring (bicyclic) bond motifs is 3. The van der Waals surface area contributed by atoms with Gasteiger partial charge in [0.1, 0.15) is 0 Å². The molecule has 0 fully saturated rings. The van der Waals surface area contributed by atoms with Crippen molar-refractivity contribution in [1.82, 2.24) is 0 Å². The number of hydrogen-bond donors (Lipinski definition) is 0. The third-order valence-corrected chi connectivity index (χ3v) is 4.93. The molecule has 5 rings (SSSR count). The summed E-state index contributed by atoms with van der Waals surface area (Å²) in [7, 11) is 9.87. The van der Waals surface area contributed by atoms with Crippen LogP contribution >= 0.6 is 17.0 Å². The Hall–Kier alpha value is -1.53. The number of hydrogen-bond acceptors (Lipinski definition) is 0. The average Bonchev–Trinajstić information content (AvgIpc) is 3.07. The van der Waals surface area contributed by atoms with Crippen molar-refractivity contribution in [1.29, 1.82) is 0 Å². The molecule has 0 radical (unpaired) electrons. The molecule has 27 heavy (non-hydrogen) atoms. The molecule has 0 spiro atoms. The van der Waals surface area contributed by atoms with Crippen LogP contribution in [0.1, 0.15) is 5.56 Å². The van der Waals surface area contributed by atoms with Crippen LogP contribution in [0, 0.1) is 6.92 Å². The minimum absolute atomic E-state index is 0.826. The van der Waals surface area contributed by atoms with Crippen molar-refractivity contribution in [2.24, 2.45) is 0 Å². The number of rotatable bonds is 1. The SMILES string of the molecule is Cc1cc2c(-c3cccc4cc5ccccc5cc34)cccc2[cH-]1.[Cl][Zr][Cl]. The Labute approximate surface area is 177 Å². The van der Waals surface area contributed by atoms with E-state index in [1.54, 1.807) is 0 Å². The first-order valence-corrected chi connectivity index (χ1v) is 15.1. The van der Waals surface area contributed by atoms with Crippen LogP contribution in [-0.4, -0.2) is 0 Å². The van der Waals surface area contributed by atoms with Crippen molar-refractivity contribution >= 4 is 49.3 Å². The predicted octanol–water partition coefficient (Wildman–Crippen LogP) is 8.22. The van der Waals surface area contributed by atoms with Crippen molar-refractivity contribution in [3.05, 3.63) is 90.5 Å². The van der Waals surface area contributed by atoms with E-state index in [2.05, 4.69) is 91.9 Å². The Morgan fingerprint density at radius 1 is 0.667 bits per heavy atom. The van der Waals surface area contributed by atoms with E-state index in [0.29, 0.717) is 0 Å². The van der Waals surface area contributed by atoms with E-state index in [-0.39, 0.29) is 0 Å². The predicted molar refractivity (Wildman–Crippen MR) is 116 cm³/mol. The maximum atomic E-state index is 4.93. The maximum absolute atomic E-state index is 4.93. The van der Waals surface area contributed by atoms with Gasteiger partial charge in [-0.05, 0) is 39.2 Å². The molecule has 132 valence electrons. The van der Waals surface area contributed by atoms with Crippen LogP contribution in [0.4, 0.5) is 0 Å². The zero-order valence-electron chi connectivity index (χ0n) is 14.8. The first-order chi connectivity index (χ1) is 13.2. The van der Waals surface area contributed by atoms with Crippen molar-refractivity contribution in [3.8, 4) is 11.1 Å². The number of aryl methyl sites for hydroxylation is 1. The molecule has 0 heterocycles. The van der Waals surface area contributed by atoms with Crippen LogP contribution in [0.3, 0.4) is 0 Å². The van der Waals surface area contributed by atoms with Crippen molar-refractivity contribution < 1.29 is 20.8 Å². The molecular formula is C24H17Cl2Zr-. The number of benzene rings is 4. The Bertz CT molecular complexity index is 1240. The number of halogens is 2. The van der Waals surface area contributed by atoms with E-state index < -0.39 is 20.8 Å². The van der Waals surface area contributed by atoms with Crippen molar-refractivity contribution in [2.75, 3.05) is 0 Å². The van der Waals surface area contributed by atoms with Crippen molar-refractivity contribution in [2.45, 2.75) is 6.92 Å². The van der Waals surface area contributed by atoms with Gasteiger partial charge in [0.05, 0.1) is 0 Å². The molecule has 0 aliphatic rings. The molecule has 0 amide bonds. The topological polar surface area (TPSA) is 0 Å². The van der Waals surface area contributed by atoms with Crippen molar-refractivity contribution in [3.63, 3.8) is 0 Å². The van der Waals surface area contributed by atoms with Crippen LogP contribution in [0.5, 0.6) is 0 Å². The van der Waals surface area contributed by atoms with Crippen LogP contribution in [0.25, 0.3) is 43.4 Å². The van der Waals surface area contributed by atoms with Gasteiger partial charge in [0, 0.05) is 0 Å². The Balaban J connectivity index is 0.000000565. The van der Waals surface area contributed by atoms with Gasteiger partial charge in [0.2, 0.25) is 0 Å². The quantitative estimate of drug-likeness (QED) is 0.172. The molecular weight excluding hydrogens is 450 g/mol. The van der Waals surface area contributed by atoms with Gasteiger partial charge < -0.3 is 0 Å². The van der Waals surface area contributed by atoms with Crippen LogP contribution in [-0.2, 0) is 20.8 Å². The summed E-state index contributed by atoms with van der Waals surface area (Å²) >= 11 is -0.826. The summed E-state index contributed by atoms with van der Waals surface area (Å²) in [6.07, 6.45) is 0. The fraction of sp³-hybridized carbons (Fsp3) is 0.0417. The Kier molecular flexibility index (Phi) is 5.74. The van der Waals surface area contributed by atoms with Gasteiger partial charge in [-0.2, -0.15) is 6.07 Å². The molecule has 5 aromatic carbocycles. The summed E-state index contributed by atoms with van der Waals surface area (Å²) in [5, 5.41) is 7.88. The molecule has 0 nitrogen and oxygen atoms in total. The van der Waals surface area contributed by atoms with Gasteiger partial charge >= 0.3 is 37.9 Å². The van der Waals surface area contributed by atoms with E-state index in [0.717, 1.165) is 0 Å². The second kappa shape index (κ2) is 8.23. The molecule has 0 aliphatic carbocycles. The molecule has 5 aromatic rings. The van der Waals surface area contributed by atoms with Gasteiger partial charge in [0.15, 0.2) is 0 Å². The monoisotopic (exact) mass is 465 g/mol. The standard InChI is InChI=1S/C24H17.2ClH.Zr/c1-16-12-19-8-4-10-21(23(19)13-16)22-11-5-9-20-14-17-6-2-3-7-18(17)15-24(20)22;;;/h2-15H,1H3;2*1H;/q-1;;;+2/p-2. The van der Waals surface area contributed by atoms with Crippen LogP contribution in [0.15, 0.2) is 84.9 Å². The average molecular weight is 468 g/mol. The first kappa shape index (κ1) is 18.8. The summed E-state index contributed by atoms with van der Waals surface area (Å²) in [4.78, 5) is 0. The van der Waals surface area contributed by atoms with E-state index in [4.69, 9.17) is 17.0 Å². The molecule has 0 aliphatic heterocycles. The fourth-order valence-corrected chi connectivity index (χ4v) is 3.82. The fourth-order valence-electron chi connectivity index (χ4n) is 3.82. The molecule has 0 atom stereocenters. The summed E-state index contributed by atoms with van der Waals surface area (Å²) < 4.78 is 0. The van der Waals surface area contributed by atoms with E-state index >= 15 is 0 Å². The normalized spacial score (nSPS) is 10.8. The zero-order valence-corrected chi connectivity index (χ0v) is 18.8. The molecule has 0 unspecified atom stereocenters. The summed E-state index contributed by atoms with van der Waals surface area (Å²) in [5.41, 5.74) is 3.96. The van der Waals surface area contributed by atoms with Gasteiger partial charge in [-0.3, -0.25) is 0 Å². The van der Waals surface area contributed by atoms with Crippen LogP contribution in [0.2, 0.25) is 0 Å².